The molecule has 4 atom stereocenters. The SMILES string of the molecule is CO[C@@]12OCC3C(Sc4ccccc4)=CC[C@@](C)(C=CC1=O)C32. The van der Waals surface area contributed by atoms with Gasteiger partial charge in [-0.15, -0.1) is 0 Å². The summed E-state index contributed by atoms with van der Waals surface area (Å²) in [7, 11) is 1.59. The van der Waals surface area contributed by atoms with Crippen molar-refractivity contribution in [3.05, 3.63) is 53.5 Å². The van der Waals surface area contributed by atoms with Gasteiger partial charge in [-0.05, 0) is 34.9 Å². The van der Waals surface area contributed by atoms with Crippen LogP contribution in [-0.4, -0.2) is 25.3 Å². The van der Waals surface area contributed by atoms with Gasteiger partial charge in [0, 0.05) is 23.8 Å². The van der Waals surface area contributed by atoms with Gasteiger partial charge in [0.05, 0.1) is 6.61 Å². The Labute approximate surface area is 140 Å². The highest BCUT2D eigenvalue weighted by Gasteiger charge is 2.64. The molecule has 0 N–H and O–H groups in total. The van der Waals surface area contributed by atoms with Crippen molar-refractivity contribution in [2.75, 3.05) is 13.7 Å². The molecule has 0 radical (unpaired) electrons. The van der Waals surface area contributed by atoms with Crippen LogP contribution in [0.2, 0.25) is 0 Å². The molecule has 1 aromatic rings. The van der Waals surface area contributed by atoms with Crippen molar-refractivity contribution in [1.82, 2.24) is 0 Å². The third-order valence-electron chi connectivity index (χ3n) is 5.35. The Balaban J connectivity index is 1.73. The highest BCUT2D eigenvalue weighted by molar-refractivity contribution is 8.03. The summed E-state index contributed by atoms with van der Waals surface area (Å²) in [6.45, 7) is 2.74. The number of carbonyl (C=O) groups is 1. The lowest BCUT2D eigenvalue weighted by Gasteiger charge is -2.47. The van der Waals surface area contributed by atoms with Crippen LogP contribution in [0.3, 0.4) is 0 Å². The van der Waals surface area contributed by atoms with E-state index in [9.17, 15) is 4.79 Å². The molecule has 23 heavy (non-hydrogen) atoms. The number of allylic oxidation sites excluding steroid dienone is 2. The summed E-state index contributed by atoms with van der Waals surface area (Å²) in [5.41, 5.74) is -0.0914. The second-order valence-electron chi connectivity index (χ2n) is 6.70. The number of hydrogen-bond donors (Lipinski definition) is 0. The van der Waals surface area contributed by atoms with Gasteiger partial charge >= 0.3 is 0 Å². The molecular formula is C19H20O3S. The number of ether oxygens (including phenoxy) is 2. The van der Waals surface area contributed by atoms with Crippen LogP contribution in [0.15, 0.2) is 58.4 Å². The number of methoxy groups -OCH3 is 1. The number of hydrogen-bond acceptors (Lipinski definition) is 4. The summed E-state index contributed by atoms with van der Waals surface area (Å²) < 4.78 is 11.6. The molecule has 1 aliphatic heterocycles. The van der Waals surface area contributed by atoms with Gasteiger partial charge in [-0.2, -0.15) is 0 Å². The fourth-order valence-electron chi connectivity index (χ4n) is 4.21. The molecule has 4 rings (SSSR count). The Hall–Kier alpha value is -1.36. The van der Waals surface area contributed by atoms with Gasteiger partial charge in [-0.1, -0.05) is 49.0 Å². The minimum atomic E-state index is -1.11. The van der Waals surface area contributed by atoms with Crippen molar-refractivity contribution in [3.63, 3.8) is 0 Å². The Morgan fingerprint density at radius 2 is 2.09 bits per heavy atom. The van der Waals surface area contributed by atoms with E-state index < -0.39 is 5.79 Å². The predicted molar refractivity (Wildman–Crippen MR) is 89.9 cm³/mol. The first-order chi connectivity index (χ1) is 11.1. The van der Waals surface area contributed by atoms with Gasteiger partial charge in [-0.25, -0.2) is 0 Å². The first kappa shape index (κ1) is 15.2. The van der Waals surface area contributed by atoms with Crippen LogP contribution in [0.1, 0.15) is 13.3 Å². The lowest BCUT2D eigenvalue weighted by molar-refractivity contribution is -0.221. The van der Waals surface area contributed by atoms with Crippen molar-refractivity contribution in [3.8, 4) is 0 Å². The molecule has 0 bridgehead atoms. The summed E-state index contributed by atoms with van der Waals surface area (Å²) >= 11 is 1.78. The van der Waals surface area contributed by atoms with E-state index in [1.807, 2.05) is 18.2 Å². The zero-order chi connectivity index (χ0) is 16.1. The van der Waals surface area contributed by atoms with Crippen LogP contribution >= 0.6 is 11.8 Å². The fraction of sp³-hybridized carbons (Fsp3) is 0.421. The van der Waals surface area contributed by atoms with Crippen molar-refractivity contribution in [2.45, 2.75) is 24.0 Å². The van der Waals surface area contributed by atoms with Gasteiger partial charge in [0.2, 0.25) is 11.6 Å². The van der Waals surface area contributed by atoms with Gasteiger partial charge in [0.15, 0.2) is 0 Å². The summed E-state index contributed by atoms with van der Waals surface area (Å²) in [6.07, 6.45) is 6.92. The second-order valence-corrected chi connectivity index (χ2v) is 7.84. The van der Waals surface area contributed by atoms with Crippen molar-refractivity contribution >= 4 is 17.5 Å². The molecule has 3 nitrogen and oxygen atoms in total. The average Bonchev–Trinajstić information content (AvgIpc) is 2.99. The maximum atomic E-state index is 12.5. The summed E-state index contributed by atoms with van der Waals surface area (Å²) in [5, 5.41) is 0. The average molecular weight is 328 g/mol. The van der Waals surface area contributed by atoms with Crippen molar-refractivity contribution in [2.24, 2.45) is 17.3 Å². The zero-order valence-electron chi connectivity index (χ0n) is 13.3. The normalized spacial score (nSPS) is 38.3. The van der Waals surface area contributed by atoms with Crippen LogP contribution in [0.25, 0.3) is 0 Å². The lowest BCUT2D eigenvalue weighted by Crippen LogP contribution is -2.55. The van der Waals surface area contributed by atoms with Gasteiger partial charge in [0.1, 0.15) is 0 Å². The molecule has 0 amide bonds. The van der Waals surface area contributed by atoms with Crippen LogP contribution in [-0.2, 0) is 14.3 Å². The Kier molecular flexibility index (Phi) is 3.52. The number of thioether (sulfide) groups is 1. The largest absolute Gasteiger partial charge is 0.346 e. The first-order valence-corrected chi connectivity index (χ1v) is 8.76. The number of ketones is 1. The van der Waals surface area contributed by atoms with Crippen molar-refractivity contribution in [1.29, 1.82) is 0 Å². The van der Waals surface area contributed by atoms with Crippen LogP contribution in [0, 0.1) is 17.3 Å². The molecule has 4 heteroatoms. The number of carbonyl (C=O) groups excluding carboxylic acids is 1. The van der Waals surface area contributed by atoms with Gasteiger partial charge in [0.25, 0.3) is 0 Å². The zero-order valence-corrected chi connectivity index (χ0v) is 14.1. The molecule has 2 aliphatic carbocycles. The molecule has 3 aliphatic rings. The molecule has 0 spiro atoms. The molecular weight excluding hydrogens is 308 g/mol. The quantitative estimate of drug-likeness (QED) is 0.845. The summed E-state index contributed by atoms with van der Waals surface area (Å²) in [6, 6.07) is 10.4. The molecule has 0 aromatic heterocycles. The smallest absolute Gasteiger partial charge is 0.237 e. The third-order valence-corrected chi connectivity index (χ3v) is 6.56. The van der Waals surface area contributed by atoms with Crippen molar-refractivity contribution < 1.29 is 14.3 Å². The molecule has 2 unspecified atom stereocenters. The first-order valence-electron chi connectivity index (χ1n) is 7.95. The maximum absolute atomic E-state index is 12.5. The number of rotatable bonds is 3. The van der Waals surface area contributed by atoms with Crippen LogP contribution < -0.4 is 0 Å². The molecule has 1 fully saturated rings. The topological polar surface area (TPSA) is 35.5 Å². The van der Waals surface area contributed by atoms with Gasteiger partial charge < -0.3 is 9.47 Å². The number of benzene rings is 1. The van der Waals surface area contributed by atoms with E-state index >= 15 is 0 Å². The Morgan fingerprint density at radius 3 is 2.83 bits per heavy atom. The van der Waals surface area contributed by atoms with E-state index in [0.29, 0.717) is 6.61 Å². The van der Waals surface area contributed by atoms with E-state index in [1.54, 1.807) is 24.9 Å². The maximum Gasteiger partial charge on any atom is 0.237 e. The molecule has 1 saturated heterocycles. The van der Waals surface area contributed by atoms with Crippen LogP contribution in [0.4, 0.5) is 0 Å². The van der Waals surface area contributed by atoms with E-state index in [1.165, 1.54) is 9.80 Å². The lowest BCUT2D eigenvalue weighted by atomic mass is 9.60. The summed E-state index contributed by atoms with van der Waals surface area (Å²) in [4.78, 5) is 15.0. The summed E-state index contributed by atoms with van der Waals surface area (Å²) in [5.74, 6) is -0.928. The standard InChI is InChI=1S/C19H20O3S/c1-18-10-8-15(23-13-6-4-3-5-7-13)14-12-22-19(21-2,17(14)18)16(20)9-11-18/h3-9,11,14,17H,10,12H2,1-2H3/t14?,17?,18-,19+/m0/s1. The highest BCUT2D eigenvalue weighted by Crippen LogP contribution is 2.59. The van der Waals surface area contributed by atoms with Gasteiger partial charge in [-0.3, -0.25) is 4.79 Å². The van der Waals surface area contributed by atoms with E-state index in [2.05, 4.69) is 31.2 Å². The third kappa shape index (κ3) is 2.16. The predicted octanol–water partition coefficient (Wildman–Crippen LogP) is 3.82. The minimum Gasteiger partial charge on any atom is -0.346 e. The fourth-order valence-corrected chi connectivity index (χ4v) is 5.30. The van der Waals surface area contributed by atoms with E-state index in [4.69, 9.17) is 9.47 Å². The van der Waals surface area contributed by atoms with Crippen LogP contribution in [0.5, 0.6) is 0 Å². The molecule has 1 heterocycles. The Bertz CT molecular complexity index is 696. The minimum absolute atomic E-state index is 0.0358. The molecule has 1 aromatic carbocycles. The van der Waals surface area contributed by atoms with E-state index in [0.717, 1.165) is 6.42 Å². The Morgan fingerprint density at radius 1 is 1.30 bits per heavy atom. The monoisotopic (exact) mass is 328 g/mol. The van der Waals surface area contributed by atoms with E-state index in [-0.39, 0.29) is 23.0 Å². The second kappa shape index (κ2) is 5.33. The molecule has 0 saturated carbocycles. The molecule has 120 valence electrons. The highest BCUT2D eigenvalue weighted by atomic mass is 32.2.